The van der Waals surface area contributed by atoms with E-state index in [1.165, 1.54) is 16.7 Å². The van der Waals surface area contributed by atoms with Crippen molar-refractivity contribution >= 4 is 0 Å². The maximum Gasteiger partial charge on any atom is 0.126 e. The fourth-order valence-corrected chi connectivity index (χ4v) is 3.16. The van der Waals surface area contributed by atoms with Gasteiger partial charge in [-0.05, 0) is 42.0 Å². The fraction of sp³-hybridized carbons (Fsp3) is 0.368. The van der Waals surface area contributed by atoms with Crippen LogP contribution in [-0.4, -0.2) is 20.3 Å². The molecule has 0 aromatic heterocycles. The van der Waals surface area contributed by atoms with E-state index in [4.69, 9.17) is 9.47 Å². The summed E-state index contributed by atoms with van der Waals surface area (Å²) in [6, 6.07) is 15.2. The zero-order chi connectivity index (χ0) is 15.4. The van der Waals surface area contributed by atoms with Gasteiger partial charge >= 0.3 is 0 Å². The van der Waals surface area contributed by atoms with Crippen LogP contribution in [0.1, 0.15) is 23.1 Å². The Kier molecular flexibility index (Phi) is 4.64. The van der Waals surface area contributed by atoms with E-state index in [1.807, 2.05) is 6.07 Å². The van der Waals surface area contributed by atoms with Crippen molar-refractivity contribution in [1.29, 1.82) is 0 Å². The van der Waals surface area contributed by atoms with E-state index in [0.717, 1.165) is 37.3 Å². The van der Waals surface area contributed by atoms with Crippen molar-refractivity contribution in [1.82, 2.24) is 5.32 Å². The molecule has 3 rings (SSSR count). The van der Waals surface area contributed by atoms with Gasteiger partial charge in [0.05, 0.1) is 14.2 Å². The van der Waals surface area contributed by atoms with Crippen molar-refractivity contribution in [2.45, 2.75) is 31.8 Å². The molecule has 1 aliphatic rings. The second-order valence-electron chi connectivity index (χ2n) is 5.77. The summed E-state index contributed by atoms with van der Waals surface area (Å²) >= 11 is 0. The van der Waals surface area contributed by atoms with Gasteiger partial charge in [-0.2, -0.15) is 0 Å². The first kappa shape index (κ1) is 14.9. The highest BCUT2D eigenvalue weighted by Crippen LogP contribution is 2.34. The van der Waals surface area contributed by atoms with E-state index in [-0.39, 0.29) is 0 Å². The minimum absolute atomic E-state index is 0.504. The lowest BCUT2D eigenvalue weighted by Crippen LogP contribution is -2.34. The molecule has 2 aromatic carbocycles. The van der Waals surface area contributed by atoms with Gasteiger partial charge in [0.2, 0.25) is 0 Å². The molecule has 22 heavy (non-hydrogen) atoms. The molecule has 0 amide bonds. The second-order valence-corrected chi connectivity index (χ2v) is 5.77. The van der Waals surface area contributed by atoms with E-state index in [0.29, 0.717) is 6.04 Å². The first-order chi connectivity index (χ1) is 10.8. The Labute approximate surface area is 132 Å². The van der Waals surface area contributed by atoms with E-state index in [2.05, 4.69) is 41.7 Å². The number of ether oxygens (including phenoxy) is 2. The van der Waals surface area contributed by atoms with Crippen LogP contribution in [0.4, 0.5) is 0 Å². The zero-order valence-corrected chi connectivity index (χ0v) is 13.3. The topological polar surface area (TPSA) is 30.5 Å². The van der Waals surface area contributed by atoms with Gasteiger partial charge in [0.15, 0.2) is 0 Å². The molecular formula is C19H23NO2. The van der Waals surface area contributed by atoms with Crippen molar-refractivity contribution in [3.63, 3.8) is 0 Å². The summed E-state index contributed by atoms with van der Waals surface area (Å²) in [6.07, 6.45) is 3.22. The molecular weight excluding hydrogens is 274 g/mol. The number of methoxy groups -OCH3 is 2. The van der Waals surface area contributed by atoms with Crippen LogP contribution in [0.15, 0.2) is 42.5 Å². The monoisotopic (exact) mass is 297 g/mol. The first-order valence-electron chi connectivity index (χ1n) is 7.81. The van der Waals surface area contributed by atoms with Gasteiger partial charge in [-0.15, -0.1) is 0 Å². The lowest BCUT2D eigenvalue weighted by atomic mass is 9.87. The number of hydrogen-bond acceptors (Lipinski definition) is 3. The quantitative estimate of drug-likeness (QED) is 0.918. The molecule has 1 aliphatic carbocycles. The number of fused-ring (bicyclic) bond motifs is 1. The molecule has 3 heteroatoms. The largest absolute Gasteiger partial charge is 0.497 e. The molecule has 0 heterocycles. The molecule has 0 spiro atoms. The number of benzene rings is 2. The summed E-state index contributed by atoms with van der Waals surface area (Å²) in [5.41, 5.74) is 4.01. The second kappa shape index (κ2) is 6.84. The SMILES string of the molecule is COc1cc2c(c(OC)c1)CC[C@@H](NCc1ccccc1)C2. The highest BCUT2D eigenvalue weighted by atomic mass is 16.5. The third kappa shape index (κ3) is 3.25. The minimum atomic E-state index is 0.504. The maximum atomic E-state index is 5.52. The fourth-order valence-electron chi connectivity index (χ4n) is 3.16. The normalized spacial score (nSPS) is 16.9. The summed E-state index contributed by atoms with van der Waals surface area (Å²) < 4.78 is 10.9. The van der Waals surface area contributed by atoms with Crippen LogP contribution in [0.25, 0.3) is 0 Å². The smallest absolute Gasteiger partial charge is 0.126 e. The van der Waals surface area contributed by atoms with Gasteiger partial charge in [-0.3, -0.25) is 0 Å². The summed E-state index contributed by atoms with van der Waals surface area (Å²) in [5.74, 6) is 1.83. The number of rotatable bonds is 5. The van der Waals surface area contributed by atoms with Crippen LogP contribution < -0.4 is 14.8 Å². The lowest BCUT2D eigenvalue weighted by molar-refractivity contribution is 0.380. The Morgan fingerprint density at radius 1 is 1.09 bits per heavy atom. The average Bonchev–Trinajstić information content (AvgIpc) is 2.59. The molecule has 0 radical (unpaired) electrons. The predicted molar refractivity (Wildman–Crippen MR) is 88.6 cm³/mol. The molecule has 1 N–H and O–H groups in total. The molecule has 0 unspecified atom stereocenters. The molecule has 0 bridgehead atoms. The minimum Gasteiger partial charge on any atom is -0.497 e. The molecule has 0 fully saturated rings. The Balaban J connectivity index is 1.70. The van der Waals surface area contributed by atoms with Crippen LogP contribution >= 0.6 is 0 Å². The van der Waals surface area contributed by atoms with Crippen LogP contribution in [0.2, 0.25) is 0 Å². The Morgan fingerprint density at radius 3 is 2.64 bits per heavy atom. The van der Waals surface area contributed by atoms with Crippen molar-refractivity contribution in [3.05, 3.63) is 59.2 Å². The zero-order valence-electron chi connectivity index (χ0n) is 13.3. The van der Waals surface area contributed by atoms with Crippen molar-refractivity contribution in [2.24, 2.45) is 0 Å². The number of nitrogens with one attached hydrogen (secondary N) is 1. The summed E-state index contributed by atoms with van der Waals surface area (Å²) in [6.45, 7) is 0.919. The van der Waals surface area contributed by atoms with Crippen LogP contribution in [-0.2, 0) is 19.4 Å². The van der Waals surface area contributed by atoms with Crippen molar-refractivity contribution in [2.75, 3.05) is 14.2 Å². The van der Waals surface area contributed by atoms with Crippen LogP contribution in [0.3, 0.4) is 0 Å². The molecule has 2 aromatic rings. The highest BCUT2D eigenvalue weighted by molar-refractivity contribution is 5.48. The third-order valence-electron chi connectivity index (χ3n) is 4.38. The Hall–Kier alpha value is -2.00. The molecule has 3 nitrogen and oxygen atoms in total. The number of hydrogen-bond donors (Lipinski definition) is 1. The van der Waals surface area contributed by atoms with E-state index >= 15 is 0 Å². The summed E-state index contributed by atoms with van der Waals surface area (Å²) in [5, 5.41) is 3.67. The van der Waals surface area contributed by atoms with Crippen LogP contribution in [0.5, 0.6) is 11.5 Å². The maximum absolute atomic E-state index is 5.52. The summed E-state index contributed by atoms with van der Waals surface area (Å²) in [4.78, 5) is 0. The highest BCUT2D eigenvalue weighted by Gasteiger charge is 2.22. The standard InChI is InChI=1S/C19H23NO2/c1-21-17-11-15-10-16(8-9-18(15)19(12-17)22-2)20-13-14-6-4-3-5-7-14/h3-7,11-12,16,20H,8-10,13H2,1-2H3/t16-/m1/s1. The Bertz CT molecular complexity index is 625. The van der Waals surface area contributed by atoms with Gasteiger partial charge in [0.25, 0.3) is 0 Å². The van der Waals surface area contributed by atoms with E-state index < -0.39 is 0 Å². The van der Waals surface area contributed by atoms with Gasteiger partial charge in [0.1, 0.15) is 11.5 Å². The van der Waals surface area contributed by atoms with Gasteiger partial charge in [-0.25, -0.2) is 0 Å². The molecule has 0 aliphatic heterocycles. The molecule has 1 atom stereocenters. The van der Waals surface area contributed by atoms with Crippen molar-refractivity contribution < 1.29 is 9.47 Å². The first-order valence-corrected chi connectivity index (χ1v) is 7.81. The van der Waals surface area contributed by atoms with Crippen molar-refractivity contribution in [3.8, 4) is 11.5 Å². The average molecular weight is 297 g/mol. The van der Waals surface area contributed by atoms with Crippen LogP contribution in [0, 0.1) is 0 Å². The predicted octanol–water partition coefficient (Wildman–Crippen LogP) is 3.35. The Morgan fingerprint density at radius 2 is 1.91 bits per heavy atom. The third-order valence-corrected chi connectivity index (χ3v) is 4.38. The molecule has 0 saturated heterocycles. The van der Waals surface area contributed by atoms with E-state index in [1.54, 1.807) is 14.2 Å². The van der Waals surface area contributed by atoms with Gasteiger partial charge in [-0.1, -0.05) is 30.3 Å². The molecule has 116 valence electrons. The van der Waals surface area contributed by atoms with E-state index in [9.17, 15) is 0 Å². The molecule has 0 saturated carbocycles. The van der Waals surface area contributed by atoms with Gasteiger partial charge < -0.3 is 14.8 Å². The van der Waals surface area contributed by atoms with Gasteiger partial charge in [0, 0.05) is 18.7 Å². The lowest BCUT2D eigenvalue weighted by Gasteiger charge is -2.27. The summed E-state index contributed by atoms with van der Waals surface area (Å²) in [7, 11) is 3.43.